The number of rotatable bonds is 6. The molecule has 4 heteroatoms. The average molecular weight is 351 g/mol. The third-order valence-corrected chi connectivity index (χ3v) is 6.07. The van der Waals surface area contributed by atoms with Crippen molar-refractivity contribution in [2.24, 2.45) is 0 Å². The Hall–Kier alpha value is -2.72. The average Bonchev–Trinajstić information content (AvgIpc) is 2.70. The van der Waals surface area contributed by atoms with E-state index in [0.717, 1.165) is 22.7 Å². The molecular weight excluding hydrogens is 332 g/mol. The summed E-state index contributed by atoms with van der Waals surface area (Å²) in [6.07, 6.45) is 0.864. The van der Waals surface area contributed by atoms with E-state index in [2.05, 4.69) is 24.3 Å². The van der Waals surface area contributed by atoms with Crippen LogP contribution >= 0.6 is 0 Å². The Morgan fingerprint density at radius 1 is 0.640 bits per heavy atom. The molecule has 0 saturated carbocycles. The maximum atomic E-state index is 10.9. The number of hydrogen-bond acceptors (Lipinski definition) is 3. The van der Waals surface area contributed by atoms with E-state index in [4.69, 9.17) is 9.47 Å². The molecule has 0 aliphatic rings. The van der Waals surface area contributed by atoms with Crippen molar-refractivity contribution in [2.75, 3.05) is 14.2 Å². The highest BCUT2D eigenvalue weighted by molar-refractivity contribution is 7.97. The molecule has 0 amide bonds. The topological polar surface area (TPSA) is 35.5 Å². The summed E-state index contributed by atoms with van der Waals surface area (Å²) in [7, 11) is 3.05. The third-order valence-electron chi connectivity index (χ3n) is 3.84. The van der Waals surface area contributed by atoms with Crippen molar-refractivity contribution >= 4 is 17.2 Å². The molecule has 0 aliphatic heterocycles. The lowest BCUT2D eigenvalue weighted by Gasteiger charge is -2.09. The molecule has 0 aliphatic carbocycles. The maximum Gasteiger partial charge on any atom is 0.166 e. The molecule has 0 heterocycles. The summed E-state index contributed by atoms with van der Waals surface area (Å²) in [4.78, 5) is 14.5. The fourth-order valence-corrected chi connectivity index (χ4v) is 4.56. The predicted octanol–water partition coefficient (Wildman–Crippen LogP) is 4.61. The smallest absolute Gasteiger partial charge is 0.166 e. The summed E-state index contributed by atoms with van der Waals surface area (Å²) in [6.45, 7) is 0. The van der Waals surface area contributed by atoms with Gasteiger partial charge in [-0.25, -0.2) is 0 Å². The minimum Gasteiger partial charge on any atom is -0.497 e. The largest absolute Gasteiger partial charge is 0.497 e. The number of aldehydes is 1. The maximum absolute atomic E-state index is 10.9. The molecular formula is C21H19O3S+. The van der Waals surface area contributed by atoms with Gasteiger partial charge in [-0.1, -0.05) is 0 Å². The quantitative estimate of drug-likeness (QED) is 0.480. The fraction of sp³-hybridized carbons (Fsp3) is 0.0952. The van der Waals surface area contributed by atoms with Crippen LogP contribution in [0.5, 0.6) is 11.5 Å². The van der Waals surface area contributed by atoms with Crippen molar-refractivity contribution < 1.29 is 14.3 Å². The van der Waals surface area contributed by atoms with E-state index in [1.165, 1.54) is 9.79 Å². The van der Waals surface area contributed by atoms with Crippen molar-refractivity contribution in [2.45, 2.75) is 14.7 Å². The van der Waals surface area contributed by atoms with Crippen LogP contribution in [0.4, 0.5) is 0 Å². The lowest BCUT2D eigenvalue weighted by atomic mass is 10.2. The van der Waals surface area contributed by atoms with Gasteiger partial charge < -0.3 is 9.47 Å². The zero-order valence-electron chi connectivity index (χ0n) is 14.1. The Labute approximate surface area is 150 Å². The summed E-state index contributed by atoms with van der Waals surface area (Å²) >= 11 is 0. The van der Waals surface area contributed by atoms with Gasteiger partial charge in [0.15, 0.2) is 14.7 Å². The van der Waals surface area contributed by atoms with E-state index in [9.17, 15) is 4.79 Å². The standard InChI is InChI=1S/C21H19O3S/c1-23-17-5-11-20(12-6-17)25(19-9-3-16(15-22)4-10-19)21-13-7-18(24-2)8-14-21/h3-15H,1-2H3/q+1. The first-order valence-corrected chi connectivity index (χ1v) is 9.05. The number of carbonyl (C=O) groups excluding carboxylic acids is 1. The highest BCUT2D eigenvalue weighted by Crippen LogP contribution is 2.33. The van der Waals surface area contributed by atoms with Crippen LogP contribution in [-0.2, 0) is 10.9 Å². The minimum absolute atomic E-state index is 0.272. The normalized spacial score (nSPS) is 10.5. The van der Waals surface area contributed by atoms with Crippen LogP contribution < -0.4 is 9.47 Å². The van der Waals surface area contributed by atoms with Gasteiger partial charge in [-0.2, -0.15) is 0 Å². The molecule has 25 heavy (non-hydrogen) atoms. The molecule has 0 N–H and O–H groups in total. The summed E-state index contributed by atoms with van der Waals surface area (Å²) in [5.41, 5.74) is 0.678. The van der Waals surface area contributed by atoms with Gasteiger partial charge in [0, 0.05) is 5.56 Å². The van der Waals surface area contributed by atoms with Crippen LogP contribution in [0.3, 0.4) is 0 Å². The van der Waals surface area contributed by atoms with Crippen LogP contribution in [0.2, 0.25) is 0 Å². The number of ether oxygens (including phenoxy) is 2. The van der Waals surface area contributed by atoms with Crippen LogP contribution in [0.1, 0.15) is 10.4 Å². The first-order chi connectivity index (χ1) is 12.2. The first kappa shape index (κ1) is 17.1. The number of hydrogen-bond donors (Lipinski definition) is 0. The van der Waals surface area contributed by atoms with Gasteiger partial charge in [0.25, 0.3) is 0 Å². The first-order valence-electron chi connectivity index (χ1n) is 7.83. The van der Waals surface area contributed by atoms with Gasteiger partial charge in [0.1, 0.15) is 17.8 Å². The monoisotopic (exact) mass is 351 g/mol. The molecule has 126 valence electrons. The fourth-order valence-electron chi connectivity index (χ4n) is 2.51. The van der Waals surface area contributed by atoms with Gasteiger partial charge in [-0.15, -0.1) is 0 Å². The van der Waals surface area contributed by atoms with E-state index < -0.39 is 0 Å². The van der Waals surface area contributed by atoms with Gasteiger partial charge in [0.2, 0.25) is 0 Å². The second-order valence-corrected chi connectivity index (χ2v) is 7.37. The Morgan fingerprint density at radius 3 is 1.32 bits per heavy atom. The highest BCUT2D eigenvalue weighted by atomic mass is 32.2. The lowest BCUT2D eigenvalue weighted by Crippen LogP contribution is -2.05. The molecule has 0 radical (unpaired) electrons. The van der Waals surface area contributed by atoms with Crippen molar-refractivity contribution in [3.05, 3.63) is 78.4 Å². The molecule has 0 bridgehead atoms. The molecule has 0 aromatic heterocycles. The summed E-state index contributed by atoms with van der Waals surface area (Å²) in [6, 6.07) is 24.0. The van der Waals surface area contributed by atoms with Crippen molar-refractivity contribution in [3.63, 3.8) is 0 Å². The summed E-state index contributed by atoms with van der Waals surface area (Å²) in [5, 5.41) is 0. The van der Waals surface area contributed by atoms with Crippen molar-refractivity contribution in [3.8, 4) is 11.5 Å². The van der Waals surface area contributed by atoms with Gasteiger partial charge >= 0.3 is 0 Å². The highest BCUT2D eigenvalue weighted by Gasteiger charge is 2.28. The van der Waals surface area contributed by atoms with Crippen LogP contribution in [0.15, 0.2) is 87.5 Å². The van der Waals surface area contributed by atoms with E-state index in [1.54, 1.807) is 14.2 Å². The van der Waals surface area contributed by atoms with Gasteiger partial charge in [-0.05, 0) is 72.8 Å². The zero-order chi connectivity index (χ0) is 17.6. The van der Waals surface area contributed by atoms with Crippen LogP contribution in [0.25, 0.3) is 0 Å². The molecule has 3 nitrogen and oxygen atoms in total. The van der Waals surface area contributed by atoms with Crippen LogP contribution in [-0.4, -0.2) is 20.5 Å². The van der Waals surface area contributed by atoms with E-state index in [0.29, 0.717) is 5.56 Å². The van der Waals surface area contributed by atoms with E-state index >= 15 is 0 Å². The Bertz CT molecular complexity index is 777. The molecule has 0 atom stereocenters. The van der Waals surface area contributed by atoms with E-state index in [-0.39, 0.29) is 10.9 Å². The Balaban J connectivity index is 2.06. The van der Waals surface area contributed by atoms with Crippen LogP contribution in [0, 0.1) is 0 Å². The number of carbonyl (C=O) groups is 1. The van der Waals surface area contributed by atoms with E-state index in [1.807, 2.05) is 48.5 Å². The molecule has 0 unspecified atom stereocenters. The number of benzene rings is 3. The molecule has 0 saturated heterocycles. The second-order valence-electron chi connectivity index (χ2n) is 5.34. The SMILES string of the molecule is COc1ccc([S+](c2ccc(C=O)cc2)c2ccc(OC)cc2)cc1. The number of methoxy groups -OCH3 is 2. The molecule has 3 aromatic rings. The molecule has 0 spiro atoms. The van der Waals surface area contributed by atoms with Crippen molar-refractivity contribution in [1.29, 1.82) is 0 Å². The Kier molecular flexibility index (Phi) is 5.41. The minimum atomic E-state index is -0.272. The zero-order valence-corrected chi connectivity index (χ0v) is 15.0. The van der Waals surface area contributed by atoms with Gasteiger partial charge in [-0.3, -0.25) is 4.79 Å². The second kappa shape index (κ2) is 7.90. The Morgan fingerprint density at radius 2 is 1.00 bits per heavy atom. The summed E-state index contributed by atoms with van der Waals surface area (Å²) < 4.78 is 10.5. The molecule has 0 fully saturated rings. The third kappa shape index (κ3) is 3.86. The van der Waals surface area contributed by atoms with Gasteiger partial charge in [0.05, 0.1) is 25.1 Å². The molecule has 3 aromatic carbocycles. The van der Waals surface area contributed by atoms with Crippen molar-refractivity contribution in [1.82, 2.24) is 0 Å². The summed E-state index contributed by atoms with van der Waals surface area (Å²) in [5.74, 6) is 1.66. The lowest BCUT2D eigenvalue weighted by molar-refractivity contribution is 0.112. The predicted molar refractivity (Wildman–Crippen MR) is 100.0 cm³/mol. The molecule has 3 rings (SSSR count).